The Bertz CT molecular complexity index is 1200. The summed E-state index contributed by atoms with van der Waals surface area (Å²) in [5.41, 5.74) is 7.11. The van der Waals surface area contributed by atoms with Gasteiger partial charge in [-0.15, -0.1) is 0 Å². The molecule has 8 nitrogen and oxygen atoms in total. The van der Waals surface area contributed by atoms with Gasteiger partial charge in [-0.25, -0.2) is 4.98 Å². The molecule has 35 heavy (non-hydrogen) atoms. The lowest BCUT2D eigenvalue weighted by molar-refractivity contribution is -0.119. The van der Waals surface area contributed by atoms with Crippen LogP contribution in [0.5, 0.6) is 11.6 Å². The molecule has 1 fully saturated rings. The molecule has 0 aliphatic carbocycles. The maximum atomic E-state index is 12.2. The summed E-state index contributed by atoms with van der Waals surface area (Å²) in [6, 6.07) is 15.4. The summed E-state index contributed by atoms with van der Waals surface area (Å²) in [7, 11) is 2.06. The van der Waals surface area contributed by atoms with Crippen LogP contribution in [0.15, 0.2) is 54.7 Å². The van der Waals surface area contributed by atoms with Crippen molar-refractivity contribution in [3.05, 3.63) is 65.9 Å². The summed E-state index contributed by atoms with van der Waals surface area (Å²) in [6.07, 6.45) is 1.96. The van der Waals surface area contributed by atoms with Crippen LogP contribution in [0.2, 0.25) is 0 Å². The molecular formula is C27H32N4O4. The number of carbonyl (C=O) groups is 2. The number of amides is 2. The van der Waals surface area contributed by atoms with Gasteiger partial charge in [0.2, 0.25) is 11.8 Å². The van der Waals surface area contributed by atoms with Gasteiger partial charge in [-0.3, -0.25) is 9.59 Å². The maximum Gasteiger partial charge on any atom is 0.252 e. The van der Waals surface area contributed by atoms with E-state index in [0.29, 0.717) is 30.2 Å². The number of rotatable bonds is 10. The number of fused-ring (bicyclic) bond motifs is 1. The van der Waals surface area contributed by atoms with E-state index in [1.807, 2.05) is 32.0 Å². The molecule has 2 heterocycles. The quantitative estimate of drug-likeness (QED) is 0.466. The summed E-state index contributed by atoms with van der Waals surface area (Å²) in [4.78, 5) is 30.8. The van der Waals surface area contributed by atoms with E-state index in [9.17, 15) is 9.59 Å². The third kappa shape index (κ3) is 6.08. The van der Waals surface area contributed by atoms with Crippen molar-refractivity contribution in [2.45, 2.75) is 39.0 Å². The Morgan fingerprint density at radius 3 is 2.71 bits per heavy atom. The fourth-order valence-electron chi connectivity index (χ4n) is 4.50. The third-order valence-electron chi connectivity index (χ3n) is 6.06. The van der Waals surface area contributed by atoms with Crippen LogP contribution in [0.3, 0.4) is 0 Å². The summed E-state index contributed by atoms with van der Waals surface area (Å²) >= 11 is 0. The van der Waals surface area contributed by atoms with Gasteiger partial charge in [0.25, 0.3) is 5.91 Å². The molecule has 0 radical (unpaired) electrons. The number of benzene rings is 2. The molecule has 2 aromatic carbocycles. The van der Waals surface area contributed by atoms with Gasteiger partial charge in [-0.1, -0.05) is 30.3 Å². The highest BCUT2D eigenvalue weighted by Gasteiger charge is 2.33. The highest BCUT2D eigenvalue weighted by Crippen LogP contribution is 2.32. The molecule has 2 amide bonds. The number of nitrogens with two attached hydrogens (primary N) is 1. The van der Waals surface area contributed by atoms with Crippen molar-refractivity contribution in [1.82, 2.24) is 15.2 Å². The first-order chi connectivity index (χ1) is 16.8. The van der Waals surface area contributed by atoms with Crippen molar-refractivity contribution >= 4 is 22.6 Å². The Morgan fingerprint density at radius 1 is 1.23 bits per heavy atom. The SMILES string of the molecule is CC(C)Oc1cc2c(OCC3NC(=O)C[C@@H]3CN(C)Cc3ccccc3)nccc2cc1C(N)=O. The molecule has 1 aromatic heterocycles. The van der Waals surface area contributed by atoms with E-state index in [-0.39, 0.29) is 24.0 Å². The van der Waals surface area contributed by atoms with Crippen LogP contribution < -0.4 is 20.5 Å². The van der Waals surface area contributed by atoms with Crippen LogP contribution in [0.25, 0.3) is 10.8 Å². The molecule has 1 saturated heterocycles. The number of carbonyl (C=O) groups excluding carboxylic acids is 2. The molecule has 1 aliphatic rings. The van der Waals surface area contributed by atoms with E-state index >= 15 is 0 Å². The van der Waals surface area contributed by atoms with E-state index in [2.05, 4.69) is 34.4 Å². The van der Waals surface area contributed by atoms with Gasteiger partial charge in [0.15, 0.2) is 0 Å². The van der Waals surface area contributed by atoms with E-state index in [1.165, 1.54) is 5.56 Å². The highest BCUT2D eigenvalue weighted by molar-refractivity contribution is 6.01. The fraction of sp³-hybridized carbons (Fsp3) is 0.370. The molecule has 184 valence electrons. The van der Waals surface area contributed by atoms with Gasteiger partial charge in [0.05, 0.1) is 17.7 Å². The number of nitrogens with one attached hydrogen (secondary N) is 1. The second kappa shape index (κ2) is 10.7. The van der Waals surface area contributed by atoms with E-state index in [0.717, 1.165) is 23.9 Å². The van der Waals surface area contributed by atoms with Gasteiger partial charge in [0, 0.05) is 37.0 Å². The van der Waals surface area contributed by atoms with Crippen LogP contribution in [0.1, 0.15) is 36.2 Å². The molecule has 1 unspecified atom stereocenters. The molecular weight excluding hydrogens is 444 g/mol. The van der Waals surface area contributed by atoms with Crippen molar-refractivity contribution < 1.29 is 19.1 Å². The molecule has 0 saturated carbocycles. The van der Waals surface area contributed by atoms with Crippen molar-refractivity contribution in [2.24, 2.45) is 11.7 Å². The molecule has 2 atom stereocenters. The number of ether oxygens (including phenoxy) is 2. The van der Waals surface area contributed by atoms with Crippen LogP contribution >= 0.6 is 0 Å². The smallest absolute Gasteiger partial charge is 0.252 e. The Labute approximate surface area is 205 Å². The maximum absolute atomic E-state index is 12.2. The Morgan fingerprint density at radius 2 is 2.00 bits per heavy atom. The largest absolute Gasteiger partial charge is 0.490 e. The van der Waals surface area contributed by atoms with Gasteiger partial charge >= 0.3 is 0 Å². The van der Waals surface area contributed by atoms with Gasteiger partial charge in [0.1, 0.15) is 12.4 Å². The lowest BCUT2D eigenvalue weighted by atomic mass is 10.0. The lowest BCUT2D eigenvalue weighted by Crippen LogP contribution is -2.39. The fourth-order valence-corrected chi connectivity index (χ4v) is 4.50. The first kappa shape index (κ1) is 24.5. The zero-order chi connectivity index (χ0) is 24.9. The Balaban J connectivity index is 1.49. The third-order valence-corrected chi connectivity index (χ3v) is 6.06. The number of hydrogen-bond donors (Lipinski definition) is 2. The van der Waals surface area contributed by atoms with Crippen molar-refractivity contribution in [1.29, 1.82) is 0 Å². The van der Waals surface area contributed by atoms with Gasteiger partial charge in [-0.2, -0.15) is 0 Å². The average molecular weight is 477 g/mol. The minimum absolute atomic E-state index is 0.0290. The molecule has 3 N–H and O–H groups in total. The number of aromatic nitrogens is 1. The minimum Gasteiger partial charge on any atom is -0.490 e. The van der Waals surface area contributed by atoms with Gasteiger partial charge < -0.3 is 25.4 Å². The van der Waals surface area contributed by atoms with Gasteiger partial charge in [-0.05, 0) is 50.0 Å². The zero-order valence-electron chi connectivity index (χ0n) is 20.4. The summed E-state index contributed by atoms with van der Waals surface area (Å²) in [5.74, 6) is 0.406. The minimum atomic E-state index is -0.557. The monoisotopic (exact) mass is 476 g/mol. The Hall–Kier alpha value is -3.65. The van der Waals surface area contributed by atoms with E-state index in [4.69, 9.17) is 15.2 Å². The molecule has 0 spiro atoms. The van der Waals surface area contributed by atoms with Crippen LogP contribution in [0, 0.1) is 5.92 Å². The number of primary amides is 1. The molecule has 4 rings (SSSR count). The first-order valence-corrected chi connectivity index (χ1v) is 11.8. The number of pyridine rings is 1. The van der Waals surface area contributed by atoms with Crippen LogP contribution in [-0.2, 0) is 11.3 Å². The van der Waals surface area contributed by atoms with Crippen LogP contribution in [0.4, 0.5) is 0 Å². The summed E-state index contributed by atoms with van der Waals surface area (Å²) in [5, 5.41) is 4.54. The summed E-state index contributed by atoms with van der Waals surface area (Å²) in [6.45, 7) is 5.63. The average Bonchev–Trinajstić information content (AvgIpc) is 3.15. The predicted octanol–water partition coefficient (Wildman–Crippen LogP) is 3.14. The number of nitrogens with zero attached hydrogens (tertiary/aromatic N) is 2. The molecule has 0 bridgehead atoms. The van der Waals surface area contributed by atoms with E-state index < -0.39 is 5.91 Å². The Kier molecular flexibility index (Phi) is 7.51. The standard InChI is InChI=1S/C27H32N4O4/c1-17(2)35-24-13-21-19(11-22(24)26(28)33)9-10-29-27(21)34-16-23-20(12-25(32)30-23)15-31(3)14-18-7-5-4-6-8-18/h4-11,13,17,20,23H,12,14-16H2,1-3H3,(H2,28,33)(H,30,32)/t20-,23?/m1/s1. The topological polar surface area (TPSA) is 107 Å². The normalized spacial score (nSPS) is 17.7. The van der Waals surface area contributed by atoms with Crippen molar-refractivity contribution in [3.8, 4) is 11.6 Å². The second-order valence-corrected chi connectivity index (χ2v) is 9.35. The lowest BCUT2D eigenvalue weighted by Gasteiger charge is -2.25. The zero-order valence-corrected chi connectivity index (χ0v) is 20.4. The molecule has 8 heteroatoms. The van der Waals surface area contributed by atoms with Crippen molar-refractivity contribution in [3.63, 3.8) is 0 Å². The second-order valence-electron chi connectivity index (χ2n) is 9.35. The molecule has 3 aromatic rings. The molecule has 1 aliphatic heterocycles. The number of hydrogen-bond acceptors (Lipinski definition) is 6. The van der Waals surface area contributed by atoms with Crippen LogP contribution in [-0.4, -0.2) is 54.0 Å². The predicted molar refractivity (Wildman–Crippen MR) is 134 cm³/mol. The van der Waals surface area contributed by atoms with Crippen molar-refractivity contribution in [2.75, 3.05) is 20.2 Å². The highest BCUT2D eigenvalue weighted by atomic mass is 16.5. The first-order valence-electron chi connectivity index (χ1n) is 11.8. The van der Waals surface area contributed by atoms with E-state index in [1.54, 1.807) is 24.4 Å². The summed E-state index contributed by atoms with van der Waals surface area (Å²) < 4.78 is 12.0.